The minimum Gasteiger partial charge on any atom is -0.440 e. The van der Waals surface area contributed by atoms with Gasteiger partial charge in [0.25, 0.3) is 0 Å². The predicted octanol–water partition coefficient (Wildman–Crippen LogP) is 2.69. The highest BCUT2D eigenvalue weighted by Gasteiger charge is 2.41. The molecule has 1 aromatic carbocycles. The quantitative estimate of drug-likeness (QED) is 0.933. The van der Waals surface area contributed by atoms with Crippen molar-refractivity contribution in [3.63, 3.8) is 0 Å². The number of benzene rings is 1. The molecule has 0 aromatic heterocycles. The van der Waals surface area contributed by atoms with Crippen LogP contribution in [0.1, 0.15) is 12.5 Å². The smallest absolute Gasteiger partial charge is 0.415 e. The van der Waals surface area contributed by atoms with E-state index in [1.807, 2.05) is 39.1 Å². The van der Waals surface area contributed by atoms with E-state index in [0.29, 0.717) is 13.1 Å². The van der Waals surface area contributed by atoms with Crippen molar-refractivity contribution in [1.29, 1.82) is 0 Å². The molecule has 0 saturated carbocycles. The second kappa shape index (κ2) is 4.90. The maximum Gasteiger partial charge on any atom is 0.415 e. The summed E-state index contributed by atoms with van der Waals surface area (Å²) in [6, 6.07) is 5.85. The molecule has 0 aliphatic carbocycles. The monoisotopic (exact) mass is 312 g/mol. The standard InChI is InChI=1S/C13H17BrN2O2/c1-9-6-10(4-5-11(9)14)16-8-13(2,7-15-3)18-12(16)17/h4-6,15H,7-8H2,1-3H3. The molecule has 1 aromatic rings. The van der Waals surface area contributed by atoms with Crippen molar-refractivity contribution in [2.24, 2.45) is 0 Å². The summed E-state index contributed by atoms with van der Waals surface area (Å²) in [6.07, 6.45) is -0.283. The molecule has 1 aliphatic rings. The lowest BCUT2D eigenvalue weighted by molar-refractivity contribution is 0.0734. The van der Waals surface area contributed by atoms with Gasteiger partial charge in [0.05, 0.1) is 6.54 Å². The third-order valence-electron chi connectivity index (χ3n) is 3.05. The summed E-state index contributed by atoms with van der Waals surface area (Å²) < 4.78 is 6.48. The number of aryl methyl sites for hydroxylation is 1. The fraction of sp³-hybridized carbons (Fsp3) is 0.462. The first-order valence-corrected chi connectivity index (χ1v) is 6.66. The molecule has 1 amide bonds. The number of halogens is 1. The molecule has 1 unspecified atom stereocenters. The van der Waals surface area contributed by atoms with Crippen LogP contribution >= 0.6 is 15.9 Å². The largest absolute Gasteiger partial charge is 0.440 e. The molecule has 0 spiro atoms. The average molecular weight is 313 g/mol. The van der Waals surface area contributed by atoms with Crippen LogP contribution in [0.25, 0.3) is 0 Å². The number of likely N-dealkylation sites (N-methyl/N-ethyl adjacent to an activating group) is 1. The van der Waals surface area contributed by atoms with Gasteiger partial charge in [0, 0.05) is 16.7 Å². The number of ether oxygens (including phenoxy) is 1. The Morgan fingerprint density at radius 3 is 2.89 bits per heavy atom. The number of anilines is 1. The molecule has 5 heteroatoms. The van der Waals surface area contributed by atoms with Crippen LogP contribution in [0.15, 0.2) is 22.7 Å². The van der Waals surface area contributed by atoms with Crippen molar-refractivity contribution < 1.29 is 9.53 Å². The van der Waals surface area contributed by atoms with Crippen LogP contribution in [0.2, 0.25) is 0 Å². The SMILES string of the molecule is CNCC1(C)CN(c2ccc(Br)c(C)c2)C(=O)O1. The Balaban J connectivity index is 2.24. The van der Waals surface area contributed by atoms with Gasteiger partial charge < -0.3 is 10.1 Å². The number of hydrogen-bond donors (Lipinski definition) is 1. The normalized spacial score (nSPS) is 23.3. The zero-order valence-electron chi connectivity index (χ0n) is 10.8. The van der Waals surface area contributed by atoms with E-state index in [-0.39, 0.29) is 6.09 Å². The number of nitrogens with zero attached hydrogens (tertiary/aromatic N) is 1. The second-order valence-corrected chi connectivity index (χ2v) is 5.72. The highest BCUT2D eigenvalue weighted by Crippen LogP contribution is 2.30. The number of hydrogen-bond acceptors (Lipinski definition) is 3. The van der Waals surface area contributed by atoms with Crippen LogP contribution in [-0.2, 0) is 4.74 Å². The Morgan fingerprint density at radius 1 is 1.56 bits per heavy atom. The molecule has 1 heterocycles. The summed E-state index contributed by atoms with van der Waals surface area (Å²) >= 11 is 3.46. The molecule has 18 heavy (non-hydrogen) atoms. The summed E-state index contributed by atoms with van der Waals surface area (Å²) in [6.45, 7) is 5.15. The van der Waals surface area contributed by atoms with Gasteiger partial charge in [0.2, 0.25) is 0 Å². The van der Waals surface area contributed by atoms with E-state index < -0.39 is 5.60 Å². The molecular weight excluding hydrogens is 296 g/mol. The topological polar surface area (TPSA) is 41.6 Å². The number of carbonyl (C=O) groups is 1. The number of amides is 1. The third kappa shape index (κ3) is 2.52. The summed E-state index contributed by atoms with van der Waals surface area (Å²) in [5, 5.41) is 3.05. The van der Waals surface area contributed by atoms with Gasteiger partial charge in [0.1, 0.15) is 5.60 Å². The Labute approximate surface area is 115 Å². The van der Waals surface area contributed by atoms with Crippen molar-refractivity contribution >= 4 is 27.7 Å². The van der Waals surface area contributed by atoms with Crippen LogP contribution in [0.4, 0.5) is 10.5 Å². The molecule has 0 radical (unpaired) electrons. The Hall–Kier alpha value is -1.07. The van der Waals surface area contributed by atoms with Crippen LogP contribution in [0, 0.1) is 6.92 Å². The lowest BCUT2D eigenvalue weighted by Gasteiger charge is -2.21. The predicted molar refractivity (Wildman–Crippen MR) is 75.0 cm³/mol. The van der Waals surface area contributed by atoms with Crippen LogP contribution < -0.4 is 10.2 Å². The number of nitrogens with one attached hydrogen (secondary N) is 1. The van der Waals surface area contributed by atoms with Gasteiger partial charge in [-0.1, -0.05) is 15.9 Å². The Morgan fingerprint density at radius 2 is 2.28 bits per heavy atom. The zero-order chi connectivity index (χ0) is 13.3. The minimum atomic E-state index is -0.465. The molecule has 1 N–H and O–H groups in total. The van der Waals surface area contributed by atoms with E-state index in [0.717, 1.165) is 15.7 Å². The van der Waals surface area contributed by atoms with Gasteiger partial charge in [-0.05, 0) is 44.7 Å². The zero-order valence-corrected chi connectivity index (χ0v) is 12.4. The number of rotatable bonds is 3. The Bertz CT molecular complexity index is 478. The highest BCUT2D eigenvalue weighted by atomic mass is 79.9. The van der Waals surface area contributed by atoms with E-state index in [4.69, 9.17) is 4.74 Å². The summed E-state index contributed by atoms with van der Waals surface area (Å²) in [4.78, 5) is 13.6. The first kappa shape index (κ1) is 13.4. The van der Waals surface area contributed by atoms with Crippen molar-refractivity contribution in [1.82, 2.24) is 5.32 Å². The maximum atomic E-state index is 11.9. The molecule has 1 atom stereocenters. The van der Waals surface area contributed by atoms with Gasteiger partial charge in [-0.3, -0.25) is 4.90 Å². The van der Waals surface area contributed by atoms with Gasteiger partial charge in [0.15, 0.2) is 0 Å². The molecule has 2 rings (SSSR count). The summed E-state index contributed by atoms with van der Waals surface area (Å²) in [5.41, 5.74) is 1.51. The maximum absolute atomic E-state index is 11.9. The van der Waals surface area contributed by atoms with E-state index in [1.165, 1.54) is 0 Å². The molecule has 4 nitrogen and oxygen atoms in total. The van der Waals surface area contributed by atoms with Crippen molar-refractivity contribution in [2.75, 3.05) is 25.0 Å². The molecule has 1 saturated heterocycles. The van der Waals surface area contributed by atoms with Crippen molar-refractivity contribution in [3.05, 3.63) is 28.2 Å². The van der Waals surface area contributed by atoms with Gasteiger partial charge in [-0.25, -0.2) is 4.79 Å². The fourth-order valence-corrected chi connectivity index (χ4v) is 2.40. The van der Waals surface area contributed by atoms with Gasteiger partial charge in [-0.2, -0.15) is 0 Å². The molecule has 1 aliphatic heterocycles. The number of cyclic esters (lactones) is 1. The first-order chi connectivity index (χ1) is 8.45. The average Bonchev–Trinajstić information content (AvgIpc) is 2.59. The molecular formula is C13H17BrN2O2. The van der Waals surface area contributed by atoms with Gasteiger partial charge >= 0.3 is 6.09 Å². The van der Waals surface area contributed by atoms with E-state index in [9.17, 15) is 4.79 Å². The summed E-state index contributed by atoms with van der Waals surface area (Å²) in [5.74, 6) is 0. The van der Waals surface area contributed by atoms with Gasteiger partial charge in [-0.15, -0.1) is 0 Å². The lowest BCUT2D eigenvalue weighted by atomic mass is 10.1. The van der Waals surface area contributed by atoms with Crippen LogP contribution in [0.3, 0.4) is 0 Å². The lowest BCUT2D eigenvalue weighted by Crippen LogP contribution is -2.40. The van der Waals surface area contributed by atoms with E-state index in [2.05, 4.69) is 21.2 Å². The van der Waals surface area contributed by atoms with Crippen molar-refractivity contribution in [3.8, 4) is 0 Å². The second-order valence-electron chi connectivity index (χ2n) is 4.87. The Kier molecular flexibility index (Phi) is 3.64. The first-order valence-electron chi connectivity index (χ1n) is 5.86. The van der Waals surface area contributed by atoms with Crippen molar-refractivity contribution in [2.45, 2.75) is 19.4 Å². The molecule has 98 valence electrons. The fourth-order valence-electron chi connectivity index (χ4n) is 2.16. The van der Waals surface area contributed by atoms with Crippen LogP contribution in [0.5, 0.6) is 0 Å². The van der Waals surface area contributed by atoms with E-state index >= 15 is 0 Å². The van der Waals surface area contributed by atoms with Crippen LogP contribution in [-0.4, -0.2) is 31.8 Å². The minimum absolute atomic E-state index is 0.283. The van der Waals surface area contributed by atoms with E-state index in [1.54, 1.807) is 4.90 Å². The summed E-state index contributed by atoms with van der Waals surface area (Å²) in [7, 11) is 1.85. The third-order valence-corrected chi connectivity index (χ3v) is 3.94. The highest BCUT2D eigenvalue weighted by molar-refractivity contribution is 9.10. The molecule has 0 bridgehead atoms. The molecule has 1 fully saturated rings. The number of carbonyl (C=O) groups excluding carboxylic acids is 1.